The summed E-state index contributed by atoms with van der Waals surface area (Å²) in [5.74, 6) is 0.774. The summed E-state index contributed by atoms with van der Waals surface area (Å²) in [5, 5.41) is 0.737. The molecule has 1 aromatic heterocycles. The van der Waals surface area contributed by atoms with Crippen LogP contribution in [0.25, 0.3) is 11.0 Å². The zero-order valence-corrected chi connectivity index (χ0v) is 12.4. The number of fused-ring (bicyclic) bond motifs is 2. The average molecular weight is 324 g/mol. The molecule has 120 valence electrons. The summed E-state index contributed by atoms with van der Waals surface area (Å²) in [6.07, 6.45) is -0.863. The van der Waals surface area contributed by atoms with Crippen LogP contribution in [0.3, 0.4) is 0 Å². The fraction of sp³-hybridized carbons (Fsp3) is 0.111. The number of benzene rings is 2. The van der Waals surface area contributed by atoms with E-state index in [0.29, 0.717) is 17.1 Å². The molecule has 1 atom stereocenters. The van der Waals surface area contributed by atoms with Crippen molar-refractivity contribution in [3.63, 3.8) is 0 Å². The number of para-hydroxylation sites is 2. The second kappa shape index (κ2) is 5.73. The zero-order valence-electron chi connectivity index (χ0n) is 12.4. The number of esters is 1. The van der Waals surface area contributed by atoms with E-state index in [0.717, 1.165) is 5.39 Å². The van der Waals surface area contributed by atoms with Gasteiger partial charge in [0.1, 0.15) is 17.9 Å². The number of hydrogen-bond acceptors (Lipinski definition) is 6. The predicted molar refractivity (Wildman–Crippen MR) is 84.5 cm³/mol. The molecule has 1 aliphatic rings. The van der Waals surface area contributed by atoms with Crippen molar-refractivity contribution in [3.8, 4) is 17.2 Å². The molecule has 1 aliphatic heterocycles. The minimum Gasteiger partial charge on any atom is -0.485 e. The molecule has 6 nitrogen and oxygen atoms in total. The number of rotatable bonds is 2. The van der Waals surface area contributed by atoms with E-state index in [9.17, 15) is 9.59 Å². The van der Waals surface area contributed by atoms with Gasteiger partial charge in [0.25, 0.3) is 0 Å². The normalized spacial score (nSPS) is 15.9. The Hall–Kier alpha value is -3.28. The molecule has 6 heteroatoms. The Morgan fingerprint density at radius 3 is 2.71 bits per heavy atom. The highest BCUT2D eigenvalue weighted by atomic mass is 16.6. The standard InChI is InChI=1S/C18H12O6/c19-17-8-6-11-5-7-12(9-15(11)24-17)22-18(20)16-10-21-13-3-1-2-4-14(13)23-16/h1-9,16H,10H2/t16-/m0/s1. The molecule has 0 N–H and O–H groups in total. The molecule has 0 spiro atoms. The summed E-state index contributed by atoms with van der Waals surface area (Å²) in [4.78, 5) is 23.5. The van der Waals surface area contributed by atoms with Crippen molar-refractivity contribution in [3.05, 3.63) is 65.0 Å². The van der Waals surface area contributed by atoms with Crippen molar-refractivity contribution in [2.75, 3.05) is 6.61 Å². The zero-order chi connectivity index (χ0) is 16.5. The van der Waals surface area contributed by atoms with Crippen LogP contribution in [0.5, 0.6) is 17.2 Å². The summed E-state index contributed by atoms with van der Waals surface area (Å²) in [6, 6.07) is 14.9. The summed E-state index contributed by atoms with van der Waals surface area (Å²) in [7, 11) is 0. The van der Waals surface area contributed by atoms with Crippen molar-refractivity contribution in [2.24, 2.45) is 0 Å². The molecule has 0 aliphatic carbocycles. The Morgan fingerprint density at radius 1 is 1.04 bits per heavy atom. The molecule has 3 aromatic rings. The predicted octanol–water partition coefficient (Wildman–Crippen LogP) is 2.54. The lowest BCUT2D eigenvalue weighted by Crippen LogP contribution is -2.39. The number of ether oxygens (including phenoxy) is 3. The minimum absolute atomic E-state index is 0.0680. The van der Waals surface area contributed by atoms with Gasteiger partial charge in [0, 0.05) is 17.5 Å². The summed E-state index contributed by atoms with van der Waals surface area (Å²) in [6.45, 7) is 0.0680. The fourth-order valence-corrected chi connectivity index (χ4v) is 2.42. The van der Waals surface area contributed by atoms with Crippen LogP contribution in [0.1, 0.15) is 0 Å². The first-order chi connectivity index (χ1) is 11.7. The lowest BCUT2D eigenvalue weighted by atomic mass is 10.2. The Morgan fingerprint density at radius 2 is 1.83 bits per heavy atom. The van der Waals surface area contributed by atoms with Crippen molar-refractivity contribution in [1.82, 2.24) is 0 Å². The van der Waals surface area contributed by atoms with Gasteiger partial charge in [-0.25, -0.2) is 9.59 Å². The van der Waals surface area contributed by atoms with Crippen molar-refractivity contribution in [1.29, 1.82) is 0 Å². The largest absolute Gasteiger partial charge is 0.485 e. The highest BCUT2D eigenvalue weighted by Crippen LogP contribution is 2.31. The molecule has 24 heavy (non-hydrogen) atoms. The smallest absolute Gasteiger partial charge is 0.356 e. The maximum atomic E-state index is 12.3. The van der Waals surface area contributed by atoms with Gasteiger partial charge in [-0.2, -0.15) is 0 Å². The third-order valence-corrected chi connectivity index (χ3v) is 3.58. The van der Waals surface area contributed by atoms with E-state index in [-0.39, 0.29) is 12.4 Å². The first-order valence-electron chi connectivity index (χ1n) is 7.33. The van der Waals surface area contributed by atoms with Crippen LogP contribution in [0.4, 0.5) is 0 Å². The molecule has 0 radical (unpaired) electrons. The first kappa shape index (κ1) is 14.3. The van der Waals surface area contributed by atoms with Gasteiger partial charge >= 0.3 is 11.6 Å². The summed E-state index contributed by atoms with van der Waals surface area (Å²) in [5.41, 5.74) is -0.120. The van der Waals surface area contributed by atoms with Gasteiger partial charge in [0.05, 0.1) is 0 Å². The van der Waals surface area contributed by atoms with Crippen LogP contribution in [-0.4, -0.2) is 18.7 Å². The number of carbonyl (C=O) groups excluding carboxylic acids is 1. The molecule has 0 amide bonds. The fourth-order valence-electron chi connectivity index (χ4n) is 2.42. The average Bonchev–Trinajstić information content (AvgIpc) is 2.61. The minimum atomic E-state index is -0.863. The number of carbonyl (C=O) groups is 1. The van der Waals surface area contributed by atoms with Gasteiger partial charge in [-0.05, 0) is 30.3 Å². The lowest BCUT2D eigenvalue weighted by molar-refractivity contribution is -0.144. The van der Waals surface area contributed by atoms with E-state index >= 15 is 0 Å². The lowest BCUT2D eigenvalue weighted by Gasteiger charge is -2.24. The first-order valence-corrected chi connectivity index (χ1v) is 7.33. The van der Waals surface area contributed by atoms with Gasteiger partial charge in [-0.15, -0.1) is 0 Å². The molecular weight excluding hydrogens is 312 g/mol. The van der Waals surface area contributed by atoms with Crippen LogP contribution in [0.2, 0.25) is 0 Å². The van der Waals surface area contributed by atoms with E-state index in [1.54, 1.807) is 36.4 Å². The van der Waals surface area contributed by atoms with Crippen LogP contribution in [-0.2, 0) is 4.79 Å². The summed E-state index contributed by atoms with van der Waals surface area (Å²) >= 11 is 0. The van der Waals surface area contributed by atoms with E-state index in [2.05, 4.69) is 0 Å². The topological polar surface area (TPSA) is 75.0 Å². The molecule has 0 bridgehead atoms. The second-order valence-corrected chi connectivity index (χ2v) is 5.24. The molecule has 0 unspecified atom stereocenters. The highest BCUT2D eigenvalue weighted by Gasteiger charge is 2.29. The van der Waals surface area contributed by atoms with Gasteiger partial charge in [0.15, 0.2) is 11.5 Å². The third kappa shape index (κ3) is 2.69. The van der Waals surface area contributed by atoms with Crippen LogP contribution in [0, 0.1) is 0 Å². The van der Waals surface area contributed by atoms with Crippen molar-refractivity contribution in [2.45, 2.75) is 6.10 Å². The van der Waals surface area contributed by atoms with Crippen LogP contribution in [0.15, 0.2) is 63.8 Å². The van der Waals surface area contributed by atoms with Gasteiger partial charge in [0.2, 0.25) is 6.10 Å². The Bertz CT molecular complexity index is 974. The quantitative estimate of drug-likeness (QED) is 0.410. The van der Waals surface area contributed by atoms with Crippen LogP contribution < -0.4 is 19.8 Å². The molecule has 0 saturated heterocycles. The maximum Gasteiger partial charge on any atom is 0.356 e. The third-order valence-electron chi connectivity index (χ3n) is 3.58. The van der Waals surface area contributed by atoms with E-state index in [1.807, 2.05) is 6.07 Å². The van der Waals surface area contributed by atoms with Gasteiger partial charge < -0.3 is 18.6 Å². The number of hydrogen-bond donors (Lipinski definition) is 0. The van der Waals surface area contributed by atoms with Crippen LogP contribution >= 0.6 is 0 Å². The molecule has 0 fully saturated rings. The Labute approximate surface area is 136 Å². The molecule has 4 rings (SSSR count). The van der Waals surface area contributed by atoms with Crippen molar-refractivity contribution < 1.29 is 23.4 Å². The summed E-state index contributed by atoms with van der Waals surface area (Å²) < 4.78 is 21.5. The van der Waals surface area contributed by atoms with Gasteiger partial charge in [-0.3, -0.25) is 0 Å². The highest BCUT2D eigenvalue weighted by molar-refractivity contribution is 5.81. The van der Waals surface area contributed by atoms with E-state index in [1.165, 1.54) is 12.1 Å². The molecular formula is C18H12O6. The Balaban J connectivity index is 1.53. The molecule has 0 saturated carbocycles. The van der Waals surface area contributed by atoms with E-state index < -0.39 is 17.7 Å². The molecule has 2 heterocycles. The van der Waals surface area contributed by atoms with Gasteiger partial charge in [-0.1, -0.05) is 12.1 Å². The second-order valence-electron chi connectivity index (χ2n) is 5.24. The Kier molecular flexibility index (Phi) is 3.42. The van der Waals surface area contributed by atoms with Crippen molar-refractivity contribution >= 4 is 16.9 Å². The van der Waals surface area contributed by atoms with E-state index in [4.69, 9.17) is 18.6 Å². The maximum absolute atomic E-state index is 12.3. The monoisotopic (exact) mass is 324 g/mol. The SMILES string of the molecule is O=C(Oc1ccc2ccc(=O)oc2c1)[C@@H]1COc2ccccc2O1. The molecule has 2 aromatic carbocycles.